The van der Waals surface area contributed by atoms with Gasteiger partial charge in [-0.05, 0) is 62.6 Å². The molecule has 7 nitrogen and oxygen atoms in total. The van der Waals surface area contributed by atoms with E-state index in [0.29, 0.717) is 26.3 Å². The molecule has 0 bridgehead atoms. The Morgan fingerprint density at radius 2 is 1.69 bits per heavy atom. The molecule has 0 fully saturated rings. The number of nitrogens with one attached hydrogen (secondary N) is 1. The zero-order valence-electron chi connectivity index (χ0n) is 21.6. The van der Waals surface area contributed by atoms with Gasteiger partial charge in [-0.2, -0.15) is 5.10 Å². The lowest BCUT2D eigenvalue weighted by Gasteiger charge is -2.24. The molecule has 1 aliphatic rings. The average Bonchev–Trinajstić information content (AvgIpc) is 3.65. The van der Waals surface area contributed by atoms with Crippen molar-refractivity contribution in [3.63, 3.8) is 0 Å². The van der Waals surface area contributed by atoms with E-state index in [9.17, 15) is 9.59 Å². The van der Waals surface area contributed by atoms with E-state index in [2.05, 4.69) is 5.32 Å². The van der Waals surface area contributed by atoms with Gasteiger partial charge in [0, 0.05) is 21.8 Å². The van der Waals surface area contributed by atoms with Crippen molar-refractivity contribution < 1.29 is 4.79 Å². The second-order valence-corrected chi connectivity index (χ2v) is 11.2. The van der Waals surface area contributed by atoms with E-state index in [1.165, 1.54) is 22.7 Å². The number of hydrogen-bond donors (Lipinski definition) is 1. The molecule has 5 aromatic rings. The third-order valence-corrected chi connectivity index (χ3v) is 8.64. The maximum absolute atomic E-state index is 14.0. The fourth-order valence-corrected chi connectivity index (χ4v) is 6.72. The molecule has 0 saturated carbocycles. The molecule has 9 heteroatoms. The molecule has 0 spiro atoms. The Balaban J connectivity index is 1.48. The summed E-state index contributed by atoms with van der Waals surface area (Å²) in [4.78, 5) is 33.7. The predicted octanol–water partition coefficient (Wildman–Crippen LogP) is 4.74. The Morgan fingerprint density at radius 1 is 0.974 bits per heavy atom. The van der Waals surface area contributed by atoms with Crippen LogP contribution in [-0.4, -0.2) is 20.3 Å². The van der Waals surface area contributed by atoms with Gasteiger partial charge in [0.2, 0.25) is 0 Å². The number of anilines is 1. The third-order valence-electron chi connectivity index (χ3n) is 6.73. The van der Waals surface area contributed by atoms with Crippen LogP contribution in [0.25, 0.3) is 11.8 Å². The van der Waals surface area contributed by atoms with Gasteiger partial charge in [-0.1, -0.05) is 53.8 Å². The van der Waals surface area contributed by atoms with Crippen LogP contribution in [0.4, 0.5) is 5.69 Å². The highest BCUT2D eigenvalue weighted by Crippen LogP contribution is 2.33. The molecule has 0 radical (unpaired) electrons. The highest BCUT2D eigenvalue weighted by molar-refractivity contribution is 7.10. The van der Waals surface area contributed by atoms with E-state index < -0.39 is 6.04 Å². The minimum absolute atomic E-state index is 0.180. The Bertz CT molecular complexity index is 1900. The standard InChI is InChI=1S/C30H25N5O2S2/c1-18-23(20(3)35(33-18)22-13-8-5-9-14-22)17-25-29(37)34-27(24-15-10-16-38-24)26(19(2)31-30(34)39-25)28(36)32-21-11-6-4-7-12-21/h4-17,27H,1-3H3,(H,32,36)/b25-17+/t27-/m1/s1. The van der Waals surface area contributed by atoms with Crippen LogP contribution in [0.2, 0.25) is 0 Å². The van der Waals surface area contributed by atoms with Crippen molar-refractivity contribution in [3.8, 4) is 5.69 Å². The summed E-state index contributed by atoms with van der Waals surface area (Å²) in [6.07, 6.45) is 1.90. The maximum atomic E-state index is 14.0. The summed E-state index contributed by atoms with van der Waals surface area (Å²) in [5, 5.41) is 9.67. The largest absolute Gasteiger partial charge is 0.322 e. The Kier molecular flexibility index (Phi) is 6.46. The van der Waals surface area contributed by atoms with Crippen molar-refractivity contribution in [2.24, 2.45) is 4.99 Å². The van der Waals surface area contributed by atoms with E-state index >= 15 is 0 Å². The monoisotopic (exact) mass is 551 g/mol. The number of rotatable bonds is 5. The van der Waals surface area contributed by atoms with Crippen molar-refractivity contribution in [1.29, 1.82) is 0 Å². The fourth-order valence-electron chi connectivity index (χ4n) is 4.86. The van der Waals surface area contributed by atoms with Gasteiger partial charge in [0.25, 0.3) is 11.5 Å². The summed E-state index contributed by atoms with van der Waals surface area (Å²) < 4.78 is 4.09. The number of amides is 1. The third kappa shape index (κ3) is 4.49. The lowest BCUT2D eigenvalue weighted by molar-refractivity contribution is -0.113. The molecule has 1 amide bonds. The molecular weight excluding hydrogens is 526 g/mol. The van der Waals surface area contributed by atoms with Gasteiger partial charge in [-0.3, -0.25) is 14.2 Å². The second-order valence-electron chi connectivity index (χ2n) is 9.25. The molecule has 3 aromatic heterocycles. The Hall–Kier alpha value is -4.34. The van der Waals surface area contributed by atoms with Crippen molar-refractivity contribution in [1.82, 2.24) is 14.3 Å². The van der Waals surface area contributed by atoms with Crippen LogP contribution in [0.1, 0.15) is 34.8 Å². The molecule has 39 heavy (non-hydrogen) atoms. The fraction of sp³-hybridized carbons (Fsp3) is 0.133. The summed E-state index contributed by atoms with van der Waals surface area (Å²) in [7, 11) is 0. The number of benzene rings is 2. The van der Waals surface area contributed by atoms with Crippen molar-refractivity contribution in [3.05, 3.63) is 131 Å². The molecule has 0 saturated heterocycles. The zero-order chi connectivity index (χ0) is 27.1. The number of thiazole rings is 1. The van der Waals surface area contributed by atoms with Gasteiger partial charge < -0.3 is 5.32 Å². The number of aryl methyl sites for hydroxylation is 1. The van der Waals surface area contributed by atoms with Crippen LogP contribution >= 0.6 is 22.7 Å². The maximum Gasteiger partial charge on any atom is 0.271 e. The minimum Gasteiger partial charge on any atom is -0.322 e. The molecule has 1 atom stereocenters. The van der Waals surface area contributed by atoms with Crippen LogP contribution in [0.5, 0.6) is 0 Å². The predicted molar refractivity (Wildman–Crippen MR) is 156 cm³/mol. The molecule has 6 rings (SSSR count). The Morgan fingerprint density at radius 3 is 2.38 bits per heavy atom. The van der Waals surface area contributed by atoms with Gasteiger partial charge in [0.1, 0.15) is 6.04 Å². The van der Waals surface area contributed by atoms with Gasteiger partial charge in [0.15, 0.2) is 4.80 Å². The molecule has 0 aliphatic carbocycles. The minimum atomic E-state index is -0.568. The number of para-hydroxylation sites is 2. The summed E-state index contributed by atoms with van der Waals surface area (Å²) in [6.45, 7) is 5.77. The van der Waals surface area contributed by atoms with Crippen molar-refractivity contribution in [2.45, 2.75) is 26.8 Å². The lowest BCUT2D eigenvalue weighted by atomic mass is 10.0. The number of fused-ring (bicyclic) bond motifs is 1. The van der Waals surface area contributed by atoms with E-state index in [-0.39, 0.29) is 11.5 Å². The first-order valence-electron chi connectivity index (χ1n) is 12.5. The number of aromatic nitrogens is 3. The lowest BCUT2D eigenvalue weighted by Crippen LogP contribution is -2.40. The zero-order valence-corrected chi connectivity index (χ0v) is 23.2. The molecular formula is C30H25N5O2S2. The number of allylic oxidation sites excluding steroid dienone is 1. The molecule has 1 aliphatic heterocycles. The van der Waals surface area contributed by atoms with Gasteiger partial charge in [-0.25, -0.2) is 9.67 Å². The van der Waals surface area contributed by atoms with E-state index in [1.807, 2.05) is 110 Å². The topological polar surface area (TPSA) is 81.3 Å². The van der Waals surface area contributed by atoms with Crippen LogP contribution in [0.15, 0.2) is 99.2 Å². The van der Waals surface area contributed by atoms with E-state index in [4.69, 9.17) is 10.1 Å². The second kappa shape index (κ2) is 10.1. The molecule has 2 aromatic carbocycles. The van der Waals surface area contributed by atoms with Crippen LogP contribution in [-0.2, 0) is 4.79 Å². The smallest absolute Gasteiger partial charge is 0.271 e. The highest BCUT2D eigenvalue weighted by atomic mass is 32.1. The Labute approximate surface area is 232 Å². The first-order chi connectivity index (χ1) is 18.9. The van der Waals surface area contributed by atoms with E-state index in [0.717, 1.165) is 27.5 Å². The first-order valence-corrected chi connectivity index (χ1v) is 14.2. The first kappa shape index (κ1) is 25.0. The number of nitrogens with zero attached hydrogens (tertiary/aromatic N) is 4. The normalized spacial score (nSPS) is 15.3. The highest BCUT2D eigenvalue weighted by Gasteiger charge is 2.33. The summed E-state index contributed by atoms with van der Waals surface area (Å²) in [6, 6.07) is 22.6. The molecule has 1 N–H and O–H groups in total. The number of carbonyl (C=O) groups excluding carboxylic acids is 1. The van der Waals surface area contributed by atoms with E-state index in [1.54, 1.807) is 4.57 Å². The van der Waals surface area contributed by atoms with Gasteiger partial charge in [-0.15, -0.1) is 11.3 Å². The number of thiophene rings is 1. The summed E-state index contributed by atoms with van der Waals surface area (Å²) >= 11 is 2.85. The average molecular weight is 552 g/mol. The van der Waals surface area contributed by atoms with Gasteiger partial charge >= 0.3 is 0 Å². The van der Waals surface area contributed by atoms with Crippen LogP contribution in [0, 0.1) is 13.8 Å². The quantitative estimate of drug-likeness (QED) is 0.343. The molecule has 0 unspecified atom stereocenters. The van der Waals surface area contributed by atoms with Crippen LogP contribution in [0.3, 0.4) is 0 Å². The number of hydrogen-bond acceptors (Lipinski definition) is 6. The molecule has 4 heterocycles. The van der Waals surface area contributed by atoms with Crippen molar-refractivity contribution >= 4 is 40.3 Å². The molecule has 194 valence electrons. The van der Waals surface area contributed by atoms with Crippen LogP contribution < -0.4 is 20.2 Å². The van der Waals surface area contributed by atoms with Crippen molar-refractivity contribution in [2.75, 3.05) is 5.32 Å². The SMILES string of the molecule is CC1=C(C(=O)Nc2ccccc2)[C@@H](c2cccs2)n2c(s/c(=C/c3c(C)nn(-c4ccccc4)c3C)c2=O)=N1. The summed E-state index contributed by atoms with van der Waals surface area (Å²) in [5.41, 5.74) is 5.20. The van der Waals surface area contributed by atoms with Gasteiger partial charge in [0.05, 0.1) is 27.2 Å². The number of carbonyl (C=O) groups is 1. The summed E-state index contributed by atoms with van der Waals surface area (Å²) in [5.74, 6) is -0.272.